The molecule has 5 rings (SSSR count). The minimum absolute atomic E-state index is 0.0433. The second-order valence-corrected chi connectivity index (χ2v) is 12.5. The van der Waals surface area contributed by atoms with Crippen molar-refractivity contribution in [1.29, 1.82) is 0 Å². The summed E-state index contributed by atoms with van der Waals surface area (Å²) in [6, 6.07) is 13.8. The Morgan fingerprint density at radius 1 is 0.767 bits per heavy atom. The van der Waals surface area contributed by atoms with E-state index < -0.39 is 58.4 Å². The highest BCUT2D eigenvalue weighted by Crippen LogP contribution is 2.52. The molecule has 7 nitrogen and oxygen atoms in total. The summed E-state index contributed by atoms with van der Waals surface area (Å²) in [5, 5.41) is 8.24. The molecular formula is C20H20ClNO6S2. The molecule has 2 aromatic rings. The lowest BCUT2D eigenvalue weighted by molar-refractivity contribution is -0.538. The largest absolute Gasteiger partial charge is 0.264 e. The number of nitrogens with zero attached hydrogens (tertiary/aromatic N) is 1. The van der Waals surface area contributed by atoms with Crippen LogP contribution in [0.5, 0.6) is 0 Å². The Hall–Kier alpha value is -1.97. The Kier molecular flexibility index (Phi) is 5.40. The van der Waals surface area contributed by atoms with Gasteiger partial charge in [0, 0.05) is 16.8 Å². The zero-order chi connectivity index (χ0) is 21.7. The van der Waals surface area contributed by atoms with E-state index in [9.17, 15) is 26.9 Å². The van der Waals surface area contributed by atoms with E-state index in [2.05, 4.69) is 0 Å². The van der Waals surface area contributed by atoms with E-state index in [1.54, 1.807) is 24.3 Å². The molecule has 0 heterocycles. The van der Waals surface area contributed by atoms with E-state index in [1.165, 1.54) is 36.4 Å². The van der Waals surface area contributed by atoms with Crippen molar-refractivity contribution in [3.63, 3.8) is 0 Å². The molecule has 0 unspecified atom stereocenters. The standard InChI is InChI=1S/C20H20ClNO6S2/c21-17-15-11-12-16(19(17)29(25,26)13-7-3-1-4-8-13)20(18(15)22(23)24)30(27,28)14-9-5-2-6-10-14/h1-10,15-20H,11-12H2/t15-,16+,17-,18-,19-,20-/m1/s1. The topological polar surface area (TPSA) is 111 Å². The summed E-state index contributed by atoms with van der Waals surface area (Å²) in [4.78, 5) is 11.3. The van der Waals surface area contributed by atoms with Crippen molar-refractivity contribution in [2.24, 2.45) is 11.8 Å². The first kappa shape index (κ1) is 21.3. The van der Waals surface area contributed by atoms with Crippen LogP contribution in [0.1, 0.15) is 12.8 Å². The normalized spacial score (nSPS) is 31.4. The molecule has 30 heavy (non-hydrogen) atoms. The maximum Gasteiger partial charge on any atom is 0.234 e. The van der Waals surface area contributed by atoms with Gasteiger partial charge < -0.3 is 0 Å². The summed E-state index contributed by atoms with van der Waals surface area (Å²) in [7, 11) is -8.14. The second-order valence-electron chi connectivity index (χ2n) is 7.77. The summed E-state index contributed by atoms with van der Waals surface area (Å²) < 4.78 is 53.8. The van der Waals surface area contributed by atoms with Crippen molar-refractivity contribution in [2.75, 3.05) is 0 Å². The fraction of sp³-hybridized carbons (Fsp3) is 0.400. The Morgan fingerprint density at radius 3 is 1.67 bits per heavy atom. The van der Waals surface area contributed by atoms with Crippen LogP contribution in [0.3, 0.4) is 0 Å². The molecule has 10 heteroatoms. The Labute approximate surface area is 180 Å². The number of fused-ring (bicyclic) bond motifs is 3. The predicted octanol–water partition coefficient (Wildman–Crippen LogP) is 2.96. The van der Waals surface area contributed by atoms with Gasteiger partial charge in [-0.3, -0.25) is 10.1 Å². The second kappa shape index (κ2) is 7.62. The van der Waals surface area contributed by atoms with Crippen molar-refractivity contribution in [2.45, 2.75) is 44.6 Å². The summed E-state index contributed by atoms with van der Waals surface area (Å²) >= 11 is 6.54. The molecule has 0 aliphatic heterocycles. The number of nitro groups is 1. The number of alkyl halides is 1. The molecule has 0 aromatic heterocycles. The molecule has 2 bridgehead atoms. The Balaban J connectivity index is 1.87. The summed E-state index contributed by atoms with van der Waals surface area (Å²) in [6.45, 7) is 0. The number of hydrogen-bond acceptors (Lipinski definition) is 6. The molecule has 160 valence electrons. The van der Waals surface area contributed by atoms with Crippen LogP contribution in [-0.2, 0) is 19.7 Å². The van der Waals surface area contributed by atoms with Crippen molar-refractivity contribution < 1.29 is 21.8 Å². The van der Waals surface area contributed by atoms with Gasteiger partial charge in [0.1, 0.15) is 5.25 Å². The molecule has 3 saturated carbocycles. The lowest BCUT2D eigenvalue weighted by atomic mass is 9.67. The van der Waals surface area contributed by atoms with Crippen LogP contribution in [-0.4, -0.2) is 43.7 Å². The summed E-state index contributed by atoms with van der Waals surface area (Å²) in [5.41, 5.74) is 0. The van der Waals surface area contributed by atoms with Crippen molar-refractivity contribution in [1.82, 2.24) is 0 Å². The van der Waals surface area contributed by atoms with Gasteiger partial charge in [0.05, 0.1) is 20.4 Å². The minimum atomic E-state index is -4.15. The molecule has 2 aromatic carbocycles. The van der Waals surface area contributed by atoms with E-state index >= 15 is 0 Å². The zero-order valence-corrected chi connectivity index (χ0v) is 18.1. The van der Waals surface area contributed by atoms with Crippen LogP contribution in [0.2, 0.25) is 0 Å². The number of sulfone groups is 2. The van der Waals surface area contributed by atoms with Gasteiger partial charge in [-0.05, 0) is 37.1 Å². The van der Waals surface area contributed by atoms with Crippen LogP contribution >= 0.6 is 11.6 Å². The molecule has 0 radical (unpaired) electrons. The fourth-order valence-corrected chi connectivity index (χ4v) is 10.4. The molecule has 3 fully saturated rings. The third-order valence-corrected chi connectivity index (χ3v) is 11.6. The van der Waals surface area contributed by atoms with Gasteiger partial charge in [-0.1, -0.05) is 36.4 Å². The highest BCUT2D eigenvalue weighted by atomic mass is 35.5. The van der Waals surface area contributed by atoms with E-state index in [1.807, 2.05) is 0 Å². The predicted molar refractivity (Wildman–Crippen MR) is 111 cm³/mol. The van der Waals surface area contributed by atoms with Gasteiger partial charge in [-0.25, -0.2) is 16.8 Å². The lowest BCUT2D eigenvalue weighted by Crippen LogP contribution is -2.66. The number of hydrogen-bond donors (Lipinski definition) is 0. The van der Waals surface area contributed by atoms with Gasteiger partial charge in [0.2, 0.25) is 6.04 Å². The summed E-state index contributed by atoms with van der Waals surface area (Å²) in [6.07, 6.45) is 0.581. The number of rotatable bonds is 5. The number of benzene rings is 2. The Morgan fingerprint density at radius 2 is 1.20 bits per heavy atom. The van der Waals surface area contributed by atoms with Gasteiger partial charge in [0.25, 0.3) is 0 Å². The van der Waals surface area contributed by atoms with Crippen LogP contribution in [0.4, 0.5) is 0 Å². The zero-order valence-electron chi connectivity index (χ0n) is 15.7. The van der Waals surface area contributed by atoms with Crippen LogP contribution in [0, 0.1) is 22.0 Å². The van der Waals surface area contributed by atoms with Gasteiger partial charge >= 0.3 is 0 Å². The molecule has 3 aliphatic rings. The van der Waals surface area contributed by atoms with Crippen molar-refractivity contribution in [3.05, 3.63) is 70.8 Å². The first-order valence-electron chi connectivity index (χ1n) is 9.53. The van der Waals surface area contributed by atoms with Crippen LogP contribution < -0.4 is 0 Å². The van der Waals surface area contributed by atoms with E-state index in [0.29, 0.717) is 6.42 Å². The van der Waals surface area contributed by atoms with E-state index in [0.717, 1.165) is 0 Å². The first-order chi connectivity index (χ1) is 14.2. The molecule has 3 aliphatic carbocycles. The highest BCUT2D eigenvalue weighted by Gasteiger charge is 2.66. The molecule has 0 spiro atoms. The van der Waals surface area contributed by atoms with Crippen LogP contribution in [0.15, 0.2) is 70.5 Å². The van der Waals surface area contributed by atoms with E-state index in [4.69, 9.17) is 11.6 Å². The molecule has 0 amide bonds. The third-order valence-electron chi connectivity index (χ3n) is 6.28. The Bertz CT molecular complexity index is 1150. The van der Waals surface area contributed by atoms with Crippen molar-refractivity contribution >= 4 is 31.3 Å². The summed E-state index contributed by atoms with van der Waals surface area (Å²) in [5.74, 6) is -1.82. The smallest absolute Gasteiger partial charge is 0.234 e. The van der Waals surface area contributed by atoms with E-state index in [-0.39, 0.29) is 16.2 Å². The quantitative estimate of drug-likeness (QED) is 0.378. The monoisotopic (exact) mass is 469 g/mol. The SMILES string of the molecule is O=[N+]([O-])[C@@H]1[C@@H]2CC[C@H]([C@H]1S(=O)(=O)c1ccccc1)[C@@H](S(=O)(=O)c1ccccc1)[C@@H]2Cl. The van der Waals surface area contributed by atoms with Crippen LogP contribution in [0.25, 0.3) is 0 Å². The maximum atomic E-state index is 13.5. The average molecular weight is 470 g/mol. The number of halogens is 1. The van der Waals surface area contributed by atoms with Gasteiger partial charge in [-0.15, -0.1) is 11.6 Å². The molecule has 6 atom stereocenters. The molecule has 0 N–H and O–H groups in total. The van der Waals surface area contributed by atoms with Gasteiger partial charge in [-0.2, -0.15) is 0 Å². The molecule has 0 saturated heterocycles. The first-order valence-corrected chi connectivity index (χ1v) is 13.1. The third kappa shape index (κ3) is 3.23. The minimum Gasteiger partial charge on any atom is -0.264 e. The maximum absolute atomic E-state index is 13.5. The lowest BCUT2D eigenvalue weighted by Gasteiger charge is -2.49. The average Bonchev–Trinajstić information content (AvgIpc) is 2.74. The van der Waals surface area contributed by atoms with Crippen molar-refractivity contribution in [3.8, 4) is 0 Å². The molecular weight excluding hydrogens is 450 g/mol. The fourth-order valence-electron chi connectivity index (χ4n) is 5.02. The highest BCUT2D eigenvalue weighted by molar-refractivity contribution is 7.93. The van der Waals surface area contributed by atoms with Gasteiger partial charge in [0.15, 0.2) is 19.7 Å².